The molecule has 114 valence electrons. The molecular weight excluding hydrogens is 254 g/mol. The van der Waals surface area contributed by atoms with E-state index in [1.165, 1.54) is 0 Å². The van der Waals surface area contributed by atoms with Gasteiger partial charge in [0, 0.05) is 18.2 Å². The van der Waals surface area contributed by atoms with Gasteiger partial charge in [0.05, 0.1) is 13.2 Å². The molecule has 0 aromatic heterocycles. The van der Waals surface area contributed by atoms with Gasteiger partial charge in [0.25, 0.3) is 0 Å². The number of ether oxygens (including phenoxy) is 2. The molecular formula is C16H27NO3. The number of methoxy groups -OCH3 is 1. The molecule has 1 aromatic carbocycles. The van der Waals surface area contributed by atoms with Crippen LogP contribution in [0.15, 0.2) is 18.2 Å². The number of rotatable bonds is 9. The Kier molecular flexibility index (Phi) is 7.41. The lowest BCUT2D eigenvalue weighted by atomic mass is 10.1. The lowest BCUT2D eigenvalue weighted by molar-refractivity contribution is 0.0759. The van der Waals surface area contributed by atoms with E-state index in [2.05, 4.69) is 5.32 Å². The van der Waals surface area contributed by atoms with Crippen LogP contribution in [0.25, 0.3) is 0 Å². The van der Waals surface area contributed by atoms with E-state index in [-0.39, 0.29) is 6.04 Å². The van der Waals surface area contributed by atoms with Crippen LogP contribution in [-0.4, -0.2) is 31.5 Å². The average Bonchev–Trinajstić information content (AvgIpc) is 2.42. The number of unbranched alkanes of at least 4 members (excludes halogenated alkanes) is 1. The van der Waals surface area contributed by atoms with E-state index >= 15 is 0 Å². The molecule has 4 heteroatoms. The topological polar surface area (TPSA) is 50.7 Å². The van der Waals surface area contributed by atoms with Crippen LogP contribution < -0.4 is 10.1 Å². The largest absolute Gasteiger partial charge is 0.508 e. The third-order valence-corrected chi connectivity index (χ3v) is 3.17. The molecule has 0 heterocycles. The van der Waals surface area contributed by atoms with E-state index < -0.39 is 0 Å². The molecule has 0 aliphatic heterocycles. The third-order valence-electron chi connectivity index (χ3n) is 3.17. The summed E-state index contributed by atoms with van der Waals surface area (Å²) in [5.41, 5.74) is 0.864. The molecule has 1 unspecified atom stereocenters. The maximum absolute atomic E-state index is 9.89. The molecule has 0 saturated heterocycles. The summed E-state index contributed by atoms with van der Waals surface area (Å²) in [6, 6.07) is 5.39. The van der Waals surface area contributed by atoms with Gasteiger partial charge in [-0.15, -0.1) is 0 Å². The van der Waals surface area contributed by atoms with E-state index in [1.54, 1.807) is 19.2 Å². The summed E-state index contributed by atoms with van der Waals surface area (Å²) in [7, 11) is 1.63. The number of benzene rings is 1. The second-order valence-corrected chi connectivity index (χ2v) is 5.23. The minimum atomic E-state index is 0.0936. The predicted molar refractivity (Wildman–Crippen MR) is 81.4 cm³/mol. The van der Waals surface area contributed by atoms with Gasteiger partial charge in [-0.1, -0.05) is 0 Å². The van der Waals surface area contributed by atoms with Crippen LogP contribution in [0.5, 0.6) is 11.5 Å². The minimum Gasteiger partial charge on any atom is -0.508 e. The molecule has 20 heavy (non-hydrogen) atoms. The molecule has 0 bridgehead atoms. The van der Waals surface area contributed by atoms with E-state index in [9.17, 15) is 5.11 Å². The second kappa shape index (κ2) is 8.82. The molecule has 0 spiro atoms. The summed E-state index contributed by atoms with van der Waals surface area (Å²) in [4.78, 5) is 0. The lowest BCUT2D eigenvalue weighted by Gasteiger charge is -2.16. The van der Waals surface area contributed by atoms with Gasteiger partial charge in [-0.25, -0.2) is 0 Å². The fourth-order valence-corrected chi connectivity index (χ4v) is 1.98. The molecule has 1 rings (SSSR count). The zero-order valence-electron chi connectivity index (χ0n) is 13.0. The van der Waals surface area contributed by atoms with Crippen molar-refractivity contribution in [2.75, 3.05) is 20.3 Å². The van der Waals surface area contributed by atoms with Crippen molar-refractivity contribution in [3.8, 4) is 11.5 Å². The van der Waals surface area contributed by atoms with Crippen molar-refractivity contribution < 1.29 is 14.6 Å². The highest BCUT2D eigenvalue weighted by molar-refractivity contribution is 5.41. The quantitative estimate of drug-likeness (QED) is 0.682. The van der Waals surface area contributed by atoms with Gasteiger partial charge < -0.3 is 19.9 Å². The highest BCUT2D eigenvalue weighted by atomic mass is 16.5. The summed E-state index contributed by atoms with van der Waals surface area (Å²) in [6.45, 7) is 7.84. The molecule has 0 radical (unpaired) electrons. The summed E-state index contributed by atoms with van der Waals surface area (Å²) in [6.07, 6.45) is 2.40. The predicted octanol–water partition coefficient (Wildman–Crippen LogP) is 3.26. The zero-order valence-corrected chi connectivity index (χ0v) is 13.0. The van der Waals surface area contributed by atoms with Gasteiger partial charge in [0.15, 0.2) is 0 Å². The maximum Gasteiger partial charge on any atom is 0.120 e. The number of aromatic hydroxyl groups is 1. The van der Waals surface area contributed by atoms with Crippen molar-refractivity contribution in [2.24, 2.45) is 0 Å². The lowest BCUT2D eigenvalue weighted by Crippen LogP contribution is -2.20. The second-order valence-electron chi connectivity index (χ2n) is 5.23. The van der Waals surface area contributed by atoms with Crippen LogP contribution in [0.2, 0.25) is 0 Å². The van der Waals surface area contributed by atoms with Gasteiger partial charge in [-0.3, -0.25) is 0 Å². The molecule has 4 nitrogen and oxygen atoms in total. The van der Waals surface area contributed by atoms with Crippen LogP contribution in [0.4, 0.5) is 0 Å². The van der Waals surface area contributed by atoms with Gasteiger partial charge in [-0.05, 0) is 58.4 Å². The Balaban J connectivity index is 2.33. The number of nitrogens with one attached hydrogen (secondary N) is 1. The highest BCUT2D eigenvalue weighted by Gasteiger charge is 2.10. The SMILES string of the molecule is COc1ccc(O)c(C(C)NCCCCOC(C)C)c1. The molecule has 0 aliphatic carbocycles. The number of phenols is 1. The Morgan fingerprint density at radius 3 is 2.60 bits per heavy atom. The van der Waals surface area contributed by atoms with Crippen molar-refractivity contribution in [1.82, 2.24) is 5.32 Å². The first-order chi connectivity index (χ1) is 9.54. The van der Waals surface area contributed by atoms with Gasteiger partial charge in [-0.2, -0.15) is 0 Å². The zero-order chi connectivity index (χ0) is 15.0. The van der Waals surface area contributed by atoms with Crippen molar-refractivity contribution >= 4 is 0 Å². The van der Waals surface area contributed by atoms with E-state index in [0.717, 1.165) is 37.3 Å². The normalized spacial score (nSPS) is 12.7. The van der Waals surface area contributed by atoms with E-state index in [1.807, 2.05) is 26.8 Å². The van der Waals surface area contributed by atoms with Crippen molar-refractivity contribution in [3.05, 3.63) is 23.8 Å². The Morgan fingerprint density at radius 1 is 1.20 bits per heavy atom. The summed E-state index contributed by atoms with van der Waals surface area (Å²) < 4.78 is 10.7. The maximum atomic E-state index is 9.89. The molecule has 0 aliphatic rings. The first-order valence-corrected chi connectivity index (χ1v) is 7.26. The average molecular weight is 281 g/mol. The molecule has 0 fully saturated rings. The molecule has 1 aromatic rings. The monoisotopic (exact) mass is 281 g/mol. The fraction of sp³-hybridized carbons (Fsp3) is 0.625. The van der Waals surface area contributed by atoms with Crippen molar-refractivity contribution in [2.45, 2.75) is 45.8 Å². The molecule has 2 N–H and O–H groups in total. The summed E-state index contributed by atoms with van der Waals surface area (Å²) in [5.74, 6) is 1.06. The third kappa shape index (κ3) is 5.80. The summed E-state index contributed by atoms with van der Waals surface area (Å²) in [5, 5.41) is 13.3. The minimum absolute atomic E-state index is 0.0936. The number of hydrogen-bond acceptors (Lipinski definition) is 4. The molecule has 0 saturated carbocycles. The highest BCUT2D eigenvalue weighted by Crippen LogP contribution is 2.28. The van der Waals surface area contributed by atoms with Gasteiger partial charge in [0.1, 0.15) is 11.5 Å². The number of hydrogen-bond donors (Lipinski definition) is 2. The van der Waals surface area contributed by atoms with E-state index in [0.29, 0.717) is 11.9 Å². The smallest absolute Gasteiger partial charge is 0.120 e. The molecule has 1 atom stereocenters. The Hall–Kier alpha value is -1.26. The van der Waals surface area contributed by atoms with Crippen LogP contribution in [0.1, 0.15) is 45.2 Å². The molecule has 0 amide bonds. The Bertz CT molecular complexity index is 393. The number of phenolic OH excluding ortho intramolecular Hbond substituents is 1. The van der Waals surface area contributed by atoms with Gasteiger partial charge >= 0.3 is 0 Å². The van der Waals surface area contributed by atoms with Crippen LogP contribution in [0.3, 0.4) is 0 Å². The first-order valence-electron chi connectivity index (χ1n) is 7.26. The van der Waals surface area contributed by atoms with Crippen LogP contribution >= 0.6 is 0 Å². The summed E-state index contributed by atoms with van der Waals surface area (Å²) >= 11 is 0. The standard InChI is InChI=1S/C16H27NO3/c1-12(2)20-10-6-5-9-17-13(3)15-11-14(19-4)7-8-16(15)18/h7-8,11-13,17-18H,5-6,9-10H2,1-4H3. The Morgan fingerprint density at radius 2 is 1.95 bits per heavy atom. The van der Waals surface area contributed by atoms with Crippen LogP contribution in [0, 0.1) is 0 Å². The van der Waals surface area contributed by atoms with Crippen molar-refractivity contribution in [1.29, 1.82) is 0 Å². The van der Waals surface area contributed by atoms with Crippen molar-refractivity contribution in [3.63, 3.8) is 0 Å². The van der Waals surface area contributed by atoms with E-state index in [4.69, 9.17) is 9.47 Å². The Labute approximate surface area is 122 Å². The fourth-order valence-electron chi connectivity index (χ4n) is 1.98. The van der Waals surface area contributed by atoms with Crippen LogP contribution in [-0.2, 0) is 4.74 Å². The van der Waals surface area contributed by atoms with Gasteiger partial charge in [0.2, 0.25) is 0 Å². The first kappa shape index (κ1) is 16.8.